The van der Waals surface area contributed by atoms with Crippen LogP contribution in [0.15, 0.2) is 24.3 Å². The van der Waals surface area contributed by atoms with Crippen LogP contribution in [-0.4, -0.2) is 27.1 Å². The van der Waals surface area contributed by atoms with Gasteiger partial charge in [0, 0.05) is 4.88 Å². The van der Waals surface area contributed by atoms with Gasteiger partial charge in [-0.1, -0.05) is 30.4 Å². The Labute approximate surface area is 144 Å². The highest BCUT2D eigenvalue weighted by molar-refractivity contribution is 7.17. The number of benzene rings is 1. The van der Waals surface area contributed by atoms with Gasteiger partial charge in [0.2, 0.25) is 16.8 Å². The van der Waals surface area contributed by atoms with E-state index in [2.05, 4.69) is 22.3 Å². The second kappa shape index (κ2) is 7.00. The third kappa shape index (κ3) is 3.56. The number of ether oxygens (including phenoxy) is 1. The molecule has 0 spiro atoms. The quantitative estimate of drug-likeness (QED) is 0.744. The maximum Gasteiger partial charge on any atom is 0.250 e. The van der Waals surface area contributed by atoms with E-state index < -0.39 is 0 Å². The number of hydrogen-bond acceptors (Lipinski definition) is 5. The van der Waals surface area contributed by atoms with Gasteiger partial charge in [-0.25, -0.2) is 4.52 Å². The van der Waals surface area contributed by atoms with E-state index >= 15 is 0 Å². The van der Waals surface area contributed by atoms with Gasteiger partial charge in [0.25, 0.3) is 0 Å². The number of thiazole rings is 1. The Kier molecular flexibility index (Phi) is 4.80. The lowest BCUT2D eigenvalue weighted by Gasteiger charge is -2.06. The summed E-state index contributed by atoms with van der Waals surface area (Å²) in [6.07, 6.45) is 1.25. The van der Waals surface area contributed by atoms with Crippen LogP contribution in [0.25, 0.3) is 4.96 Å². The number of hydrogen-bond donors (Lipinski definition) is 1. The van der Waals surface area contributed by atoms with Gasteiger partial charge in [-0.15, -0.1) is 5.10 Å². The third-order valence-corrected chi connectivity index (χ3v) is 4.88. The summed E-state index contributed by atoms with van der Waals surface area (Å²) in [5, 5.41) is 7.01. The predicted octanol–water partition coefficient (Wildman–Crippen LogP) is 3.38. The maximum atomic E-state index is 12.0. The summed E-state index contributed by atoms with van der Waals surface area (Å²) in [4.78, 5) is 18.3. The smallest absolute Gasteiger partial charge is 0.250 e. The van der Waals surface area contributed by atoms with Gasteiger partial charge in [-0.2, -0.15) is 4.98 Å². The van der Waals surface area contributed by atoms with Gasteiger partial charge in [0.15, 0.2) is 0 Å². The van der Waals surface area contributed by atoms with Crippen molar-refractivity contribution in [3.05, 3.63) is 40.4 Å². The number of nitrogens with zero attached hydrogens (tertiary/aromatic N) is 3. The Balaban J connectivity index is 1.51. The molecule has 0 bridgehead atoms. The minimum absolute atomic E-state index is 0.159. The van der Waals surface area contributed by atoms with Crippen LogP contribution in [-0.2, 0) is 11.2 Å². The van der Waals surface area contributed by atoms with E-state index in [-0.39, 0.29) is 12.3 Å². The molecule has 6 nitrogen and oxygen atoms in total. The summed E-state index contributed by atoms with van der Waals surface area (Å²) in [6.45, 7) is 6.44. The molecule has 1 N–H and O–H groups in total. The molecular formula is C17H20N4O2S. The van der Waals surface area contributed by atoms with E-state index in [0.29, 0.717) is 12.6 Å². The fraction of sp³-hybridized carbons (Fsp3) is 0.353. The van der Waals surface area contributed by atoms with E-state index in [1.807, 2.05) is 38.1 Å². The second-order valence-electron chi connectivity index (χ2n) is 5.52. The van der Waals surface area contributed by atoms with Crippen molar-refractivity contribution < 1.29 is 9.53 Å². The zero-order chi connectivity index (χ0) is 17.1. The molecule has 0 aliphatic rings. The lowest BCUT2D eigenvalue weighted by Crippen LogP contribution is -2.16. The first-order chi connectivity index (χ1) is 11.6. The highest BCUT2D eigenvalue weighted by Crippen LogP contribution is 2.21. The normalized spacial score (nSPS) is 11.0. The average molecular weight is 344 g/mol. The summed E-state index contributed by atoms with van der Waals surface area (Å²) in [5.74, 6) is 0.946. The fourth-order valence-electron chi connectivity index (χ4n) is 2.27. The van der Waals surface area contributed by atoms with Crippen molar-refractivity contribution in [2.45, 2.75) is 33.6 Å². The second-order valence-corrected chi connectivity index (χ2v) is 6.70. The Morgan fingerprint density at radius 3 is 2.71 bits per heavy atom. The lowest BCUT2D eigenvalue weighted by molar-refractivity contribution is -0.116. The van der Waals surface area contributed by atoms with E-state index in [1.165, 1.54) is 10.4 Å². The minimum Gasteiger partial charge on any atom is -0.493 e. The first-order valence-electron chi connectivity index (χ1n) is 7.91. The highest BCUT2D eigenvalue weighted by atomic mass is 32.1. The zero-order valence-electron chi connectivity index (χ0n) is 14.0. The number of aryl methyl sites for hydroxylation is 3. The summed E-state index contributed by atoms with van der Waals surface area (Å²) in [7, 11) is 0. The Bertz CT molecular complexity index is 851. The first-order valence-corrected chi connectivity index (χ1v) is 8.73. The van der Waals surface area contributed by atoms with Crippen LogP contribution >= 0.6 is 11.3 Å². The van der Waals surface area contributed by atoms with Crippen LogP contribution in [0, 0.1) is 13.8 Å². The third-order valence-electron chi connectivity index (χ3n) is 3.83. The standard InChI is InChI=1S/C17H20N4O2S/c1-4-13-5-7-14(8-6-13)23-10-9-15(22)18-16-19-17-21(20-16)11(2)12(3)24-17/h5-8H,4,9-10H2,1-3H3,(H,18,20,22). The Morgan fingerprint density at radius 2 is 2.04 bits per heavy atom. The zero-order valence-corrected chi connectivity index (χ0v) is 14.8. The molecule has 1 aromatic carbocycles. The van der Waals surface area contributed by atoms with Gasteiger partial charge in [0.05, 0.1) is 18.7 Å². The number of amides is 1. The van der Waals surface area contributed by atoms with Crippen molar-refractivity contribution in [2.24, 2.45) is 0 Å². The molecule has 7 heteroatoms. The number of nitrogens with one attached hydrogen (secondary N) is 1. The molecule has 3 aromatic rings. The highest BCUT2D eigenvalue weighted by Gasteiger charge is 2.12. The van der Waals surface area contributed by atoms with E-state index in [4.69, 9.17) is 4.74 Å². The Morgan fingerprint density at radius 1 is 1.29 bits per heavy atom. The average Bonchev–Trinajstić information content (AvgIpc) is 3.07. The molecule has 2 aromatic heterocycles. The van der Waals surface area contributed by atoms with Crippen molar-refractivity contribution in [2.75, 3.05) is 11.9 Å². The molecule has 24 heavy (non-hydrogen) atoms. The maximum absolute atomic E-state index is 12.0. The molecule has 0 atom stereocenters. The van der Waals surface area contributed by atoms with Gasteiger partial charge < -0.3 is 4.74 Å². The van der Waals surface area contributed by atoms with E-state index in [1.54, 1.807) is 15.9 Å². The van der Waals surface area contributed by atoms with Gasteiger partial charge in [-0.3, -0.25) is 10.1 Å². The molecule has 0 saturated carbocycles. The number of carbonyl (C=O) groups is 1. The molecule has 0 aliphatic heterocycles. The Hall–Kier alpha value is -2.41. The molecule has 126 valence electrons. The van der Waals surface area contributed by atoms with Crippen LogP contribution in [0.4, 0.5) is 5.95 Å². The molecule has 0 fully saturated rings. The summed E-state index contributed by atoms with van der Waals surface area (Å²) >= 11 is 1.56. The fourth-order valence-corrected chi connectivity index (χ4v) is 3.17. The first kappa shape index (κ1) is 16.4. The molecular weight excluding hydrogens is 324 g/mol. The SMILES string of the molecule is CCc1ccc(OCCC(=O)Nc2nc3sc(C)c(C)n3n2)cc1. The van der Waals surface area contributed by atoms with Gasteiger partial charge in [-0.05, 0) is 38.0 Å². The lowest BCUT2D eigenvalue weighted by atomic mass is 10.2. The number of anilines is 1. The van der Waals surface area contributed by atoms with Crippen LogP contribution in [0.2, 0.25) is 0 Å². The minimum atomic E-state index is -0.159. The van der Waals surface area contributed by atoms with Crippen LogP contribution in [0.3, 0.4) is 0 Å². The molecule has 0 aliphatic carbocycles. The van der Waals surface area contributed by atoms with Crippen molar-refractivity contribution in [1.29, 1.82) is 0 Å². The number of carbonyl (C=O) groups excluding carboxylic acids is 1. The summed E-state index contributed by atoms with van der Waals surface area (Å²) in [5.41, 5.74) is 2.30. The van der Waals surface area contributed by atoms with Gasteiger partial charge >= 0.3 is 0 Å². The van der Waals surface area contributed by atoms with E-state index in [9.17, 15) is 4.79 Å². The van der Waals surface area contributed by atoms with Crippen molar-refractivity contribution in [1.82, 2.24) is 14.6 Å². The number of rotatable bonds is 6. The van der Waals surface area contributed by atoms with E-state index in [0.717, 1.165) is 22.8 Å². The van der Waals surface area contributed by atoms with Gasteiger partial charge in [0.1, 0.15) is 5.75 Å². The monoisotopic (exact) mass is 344 g/mol. The van der Waals surface area contributed by atoms with Crippen LogP contribution in [0.1, 0.15) is 29.5 Å². The van der Waals surface area contributed by atoms with Crippen molar-refractivity contribution >= 4 is 28.2 Å². The molecule has 0 unspecified atom stereocenters. The molecule has 2 heterocycles. The number of aromatic nitrogens is 3. The van der Waals surface area contributed by atoms with Crippen LogP contribution in [0.5, 0.6) is 5.75 Å². The topological polar surface area (TPSA) is 68.5 Å². The predicted molar refractivity (Wildman–Crippen MR) is 94.9 cm³/mol. The summed E-state index contributed by atoms with van der Waals surface area (Å²) < 4.78 is 7.34. The van der Waals surface area contributed by atoms with Crippen molar-refractivity contribution in [3.8, 4) is 5.75 Å². The summed E-state index contributed by atoms with van der Waals surface area (Å²) in [6, 6.07) is 7.91. The largest absolute Gasteiger partial charge is 0.493 e. The number of fused-ring (bicyclic) bond motifs is 1. The van der Waals surface area contributed by atoms with Crippen LogP contribution < -0.4 is 10.1 Å². The molecule has 0 saturated heterocycles. The molecule has 0 radical (unpaired) electrons. The molecule has 1 amide bonds. The molecule has 3 rings (SSSR count). The van der Waals surface area contributed by atoms with Crippen molar-refractivity contribution in [3.63, 3.8) is 0 Å².